The molecule has 1 aromatic carbocycles. The van der Waals surface area contributed by atoms with E-state index in [2.05, 4.69) is 66.4 Å². The summed E-state index contributed by atoms with van der Waals surface area (Å²) in [6, 6.07) is 10.9. The minimum Gasteiger partial charge on any atom is -0.356 e. The maximum atomic E-state index is 2.61. The molecule has 0 N–H and O–H groups in total. The molecular weight excluding hydrogens is 364 g/mol. The molecule has 1 atom stereocenters. The molecule has 0 radical (unpaired) electrons. The fourth-order valence-electron chi connectivity index (χ4n) is 4.61. The number of rotatable bonds is 18. The van der Waals surface area contributed by atoms with Gasteiger partial charge in [0.1, 0.15) is 6.17 Å². The van der Waals surface area contributed by atoms with Crippen LogP contribution in [0.25, 0.3) is 0 Å². The lowest BCUT2D eigenvalue weighted by Crippen LogP contribution is -2.39. The van der Waals surface area contributed by atoms with Crippen LogP contribution in [-0.4, -0.2) is 17.6 Å². The Morgan fingerprint density at radius 2 is 1.13 bits per heavy atom. The predicted octanol–water partition coefficient (Wildman–Crippen LogP) is 8.89. The van der Waals surface area contributed by atoms with Gasteiger partial charge < -0.3 is 9.80 Å². The first-order valence-electron chi connectivity index (χ1n) is 13.1. The zero-order chi connectivity index (χ0) is 21.3. The highest BCUT2D eigenvalue weighted by atomic mass is 15.4. The zero-order valence-corrected chi connectivity index (χ0v) is 20.0. The Kier molecular flexibility index (Phi) is 13.5. The molecule has 170 valence electrons. The van der Waals surface area contributed by atoms with Gasteiger partial charge >= 0.3 is 0 Å². The highest BCUT2D eigenvalue weighted by Gasteiger charge is 2.26. The lowest BCUT2D eigenvalue weighted by molar-refractivity contribution is 0.273. The molecule has 1 aliphatic heterocycles. The van der Waals surface area contributed by atoms with Crippen LogP contribution in [-0.2, 0) is 0 Å². The highest BCUT2D eigenvalue weighted by Crippen LogP contribution is 2.28. The first-order valence-corrected chi connectivity index (χ1v) is 13.1. The van der Waals surface area contributed by atoms with E-state index in [1.165, 1.54) is 115 Å². The van der Waals surface area contributed by atoms with Crippen molar-refractivity contribution < 1.29 is 0 Å². The summed E-state index contributed by atoms with van der Waals surface area (Å²) in [4.78, 5) is 5.11. The summed E-state index contributed by atoms with van der Waals surface area (Å²) in [7, 11) is 0. The van der Waals surface area contributed by atoms with Crippen LogP contribution in [0.2, 0.25) is 0 Å². The van der Waals surface area contributed by atoms with Gasteiger partial charge in [-0.3, -0.25) is 0 Å². The number of para-hydroxylation sites is 1. The average molecular weight is 413 g/mol. The normalized spacial score (nSPS) is 16.0. The molecule has 2 heteroatoms. The maximum absolute atomic E-state index is 2.61. The standard InChI is InChI=1S/C28H48N2/c1-3-5-7-9-11-12-14-19-23-28-29(24-20-15-13-10-8-6-4-2)25-26-30(28)27-21-17-16-18-22-27/h16-18,21-22,25-26,28H,3-15,19-20,23-24H2,1-2H3. The maximum Gasteiger partial charge on any atom is 0.105 e. The van der Waals surface area contributed by atoms with E-state index in [1.807, 2.05) is 0 Å². The SMILES string of the molecule is CCCCCCCCCCC1N(CCCCCCCCC)C=CN1c1ccccc1. The van der Waals surface area contributed by atoms with Crippen LogP contribution >= 0.6 is 0 Å². The van der Waals surface area contributed by atoms with Crippen LogP contribution in [0.4, 0.5) is 5.69 Å². The summed E-state index contributed by atoms with van der Waals surface area (Å²) in [6.07, 6.45) is 27.3. The minimum atomic E-state index is 0.507. The topological polar surface area (TPSA) is 6.48 Å². The Morgan fingerprint density at radius 1 is 0.600 bits per heavy atom. The first-order chi connectivity index (χ1) is 14.9. The van der Waals surface area contributed by atoms with Crippen molar-refractivity contribution in [1.82, 2.24) is 4.90 Å². The van der Waals surface area contributed by atoms with Crippen molar-refractivity contribution in [2.24, 2.45) is 0 Å². The lowest BCUT2D eigenvalue weighted by Gasteiger charge is -2.33. The van der Waals surface area contributed by atoms with Gasteiger partial charge in [0.15, 0.2) is 0 Å². The summed E-state index contributed by atoms with van der Waals surface area (Å²) in [6.45, 7) is 5.80. The largest absolute Gasteiger partial charge is 0.356 e. The zero-order valence-electron chi connectivity index (χ0n) is 20.0. The fraction of sp³-hybridized carbons (Fsp3) is 0.714. The fourth-order valence-corrected chi connectivity index (χ4v) is 4.61. The second kappa shape index (κ2) is 16.3. The predicted molar refractivity (Wildman–Crippen MR) is 134 cm³/mol. The number of hydrogen-bond donors (Lipinski definition) is 0. The van der Waals surface area contributed by atoms with Gasteiger partial charge in [-0.05, 0) is 31.4 Å². The van der Waals surface area contributed by atoms with Crippen molar-refractivity contribution in [3.63, 3.8) is 0 Å². The van der Waals surface area contributed by atoms with Crippen LogP contribution < -0.4 is 4.90 Å². The smallest absolute Gasteiger partial charge is 0.105 e. The van der Waals surface area contributed by atoms with E-state index in [0.717, 1.165) is 0 Å². The van der Waals surface area contributed by atoms with Gasteiger partial charge in [-0.2, -0.15) is 0 Å². The average Bonchev–Trinajstić information content (AvgIpc) is 3.18. The molecule has 0 aromatic heterocycles. The number of benzene rings is 1. The van der Waals surface area contributed by atoms with Crippen molar-refractivity contribution in [2.45, 2.75) is 123 Å². The van der Waals surface area contributed by atoms with E-state index in [-0.39, 0.29) is 0 Å². The molecule has 0 saturated heterocycles. The molecule has 1 unspecified atom stereocenters. The molecule has 0 saturated carbocycles. The number of unbranched alkanes of at least 4 members (excludes halogenated alkanes) is 13. The highest BCUT2D eigenvalue weighted by molar-refractivity contribution is 5.51. The summed E-state index contributed by atoms with van der Waals surface area (Å²) in [5.41, 5.74) is 1.33. The summed E-state index contributed by atoms with van der Waals surface area (Å²) < 4.78 is 0. The summed E-state index contributed by atoms with van der Waals surface area (Å²) in [5, 5.41) is 0. The third-order valence-electron chi connectivity index (χ3n) is 6.51. The Bertz CT molecular complexity index is 539. The number of nitrogens with zero attached hydrogens (tertiary/aromatic N) is 2. The van der Waals surface area contributed by atoms with E-state index in [9.17, 15) is 0 Å². The molecule has 1 aromatic rings. The molecule has 0 aliphatic carbocycles. The van der Waals surface area contributed by atoms with Crippen LogP contribution in [0.3, 0.4) is 0 Å². The van der Waals surface area contributed by atoms with Gasteiger partial charge in [0.25, 0.3) is 0 Å². The van der Waals surface area contributed by atoms with Crippen molar-refractivity contribution in [1.29, 1.82) is 0 Å². The van der Waals surface area contributed by atoms with Crippen LogP contribution in [0.15, 0.2) is 42.7 Å². The van der Waals surface area contributed by atoms with E-state index in [0.29, 0.717) is 6.17 Å². The second-order valence-corrected chi connectivity index (χ2v) is 9.14. The van der Waals surface area contributed by atoms with E-state index >= 15 is 0 Å². The Morgan fingerprint density at radius 3 is 1.73 bits per heavy atom. The molecule has 1 heterocycles. The molecule has 30 heavy (non-hydrogen) atoms. The van der Waals surface area contributed by atoms with Gasteiger partial charge in [-0.15, -0.1) is 0 Å². The lowest BCUT2D eigenvalue weighted by atomic mass is 10.1. The molecule has 0 bridgehead atoms. The second-order valence-electron chi connectivity index (χ2n) is 9.14. The molecule has 0 fully saturated rings. The summed E-state index contributed by atoms with van der Waals surface area (Å²) >= 11 is 0. The van der Waals surface area contributed by atoms with Crippen molar-refractivity contribution >= 4 is 5.69 Å². The van der Waals surface area contributed by atoms with Gasteiger partial charge in [-0.25, -0.2) is 0 Å². The Balaban J connectivity index is 1.73. The quantitative estimate of drug-likeness (QED) is 0.222. The molecule has 1 aliphatic rings. The van der Waals surface area contributed by atoms with Crippen molar-refractivity contribution in [3.8, 4) is 0 Å². The molecular formula is C28H48N2. The van der Waals surface area contributed by atoms with Gasteiger partial charge in [0.2, 0.25) is 0 Å². The number of hydrogen-bond acceptors (Lipinski definition) is 2. The van der Waals surface area contributed by atoms with Crippen molar-refractivity contribution in [2.75, 3.05) is 11.4 Å². The Labute approximate surface area is 187 Å². The van der Waals surface area contributed by atoms with Crippen LogP contribution in [0, 0.1) is 0 Å². The molecule has 2 nitrogen and oxygen atoms in total. The Hall–Kier alpha value is -1.44. The van der Waals surface area contributed by atoms with Gasteiger partial charge in [0, 0.05) is 24.6 Å². The number of anilines is 1. The van der Waals surface area contributed by atoms with Crippen LogP contribution in [0.5, 0.6) is 0 Å². The van der Waals surface area contributed by atoms with Gasteiger partial charge in [0.05, 0.1) is 0 Å². The van der Waals surface area contributed by atoms with E-state index in [1.54, 1.807) is 0 Å². The minimum absolute atomic E-state index is 0.507. The first kappa shape index (κ1) is 24.8. The van der Waals surface area contributed by atoms with Crippen LogP contribution in [0.1, 0.15) is 117 Å². The molecule has 0 amide bonds. The van der Waals surface area contributed by atoms with Gasteiger partial charge in [-0.1, -0.05) is 116 Å². The molecule has 2 rings (SSSR count). The molecule has 0 spiro atoms. The third kappa shape index (κ3) is 9.58. The monoisotopic (exact) mass is 412 g/mol. The van der Waals surface area contributed by atoms with Crippen molar-refractivity contribution in [3.05, 3.63) is 42.7 Å². The van der Waals surface area contributed by atoms with E-state index < -0.39 is 0 Å². The third-order valence-corrected chi connectivity index (χ3v) is 6.51. The summed E-state index contributed by atoms with van der Waals surface area (Å²) in [5.74, 6) is 0. The van der Waals surface area contributed by atoms with E-state index in [4.69, 9.17) is 0 Å².